The molecule has 3 aromatic heterocycles. The highest BCUT2D eigenvalue weighted by Gasteiger charge is 2.13. The number of nitrogens with one attached hydrogen (secondary N) is 2. The van der Waals surface area contributed by atoms with Crippen molar-refractivity contribution in [3.05, 3.63) is 72.7 Å². The van der Waals surface area contributed by atoms with E-state index in [0.717, 1.165) is 44.7 Å². The van der Waals surface area contributed by atoms with Crippen LogP contribution in [0.15, 0.2) is 61.5 Å². The summed E-state index contributed by atoms with van der Waals surface area (Å²) in [5, 5.41) is 8.66. The monoisotopic (exact) mass is 341 g/mol. The van der Waals surface area contributed by atoms with E-state index >= 15 is 0 Å². The van der Waals surface area contributed by atoms with Gasteiger partial charge in [-0.3, -0.25) is 10.1 Å². The number of fused-ring (bicyclic) bond motifs is 1. The molecular weight excluding hydrogens is 322 g/mol. The number of rotatable bonds is 4. The minimum atomic E-state index is 0.647. The first kappa shape index (κ1) is 15.9. The van der Waals surface area contributed by atoms with Crippen molar-refractivity contribution < 1.29 is 0 Å². The molecule has 0 saturated heterocycles. The van der Waals surface area contributed by atoms with Gasteiger partial charge in [0, 0.05) is 29.0 Å². The Morgan fingerprint density at radius 2 is 2.00 bits per heavy atom. The Morgan fingerprint density at radius 1 is 1.12 bits per heavy atom. The van der Waals surface area contributed by atoms with Crippen LogP contribution in [0.2, 0.25) is 0 Å². The van der Waals surface area contributed by atoms with Crippen molar-refractivity contribution in [3.63, 3.8) is 0 Å². The molecule has 26 heavy (non-hydrogen) atoms. The molecule has 3 heterocycles. The van der Waals surface area contributed by atoms with Gasteiger partial charge in [-0.1, -0.05) is 30.9 Å². The fourth-order valence-electron chi connectivity index (χ4n) is 3.06. The average molecular weight is 341 g/mol. The molecule has 128 valence electrons. The molecule has 4 rings (SSSR count). The summed E-state index contributed by atoms with van der Waals surface area (Å²) in [6.07, 6.45) is 9.18. The summed E-state index contributed by atoms with van der Waals surface area (Å²) in [4.78, 5) is 7.60. The molecule has 5 nitrogen and oxygen atoms in total. The maximum Gasteiger partial charge on any atom is 0.116 e. The van der Waals surface area contributed by atoms with E-state index in [4.69, 9.17) is 5.73 Å². The van der Waals surface area contributed by atoms with Gasteiger partial charge in [0.15, 0.2) is 0 Å². The second-order valence-corrected chi connectivity index (χ2v) is 6.20. The Hall–Kier alpha value is -3.60. The largest absolute Gasteiger partial charge is 0.397 e. The van der Waals surface area contributed by atoms with Crippen molar-refractivity contribution >= 4 is 22.7 Å². The number of nitrogens with two attached hydrogens (primary N) is 1. The third-order valence-electron chi connectivity index (χ3n) is 4.38. The molecule has 0 atom stereocenters. The number of aryl methyl sites for hydroxylation is 1. The number of anilines is 1. The van der Waals surface area contributed by atoms with Crippen LogP contribution in [-0.4, -0.2) is 20.2 Å². The van der Waals surface area contributed by atoms with E-state index in [9.17, 15) is 0 Å². The standard InChI is InChI=1S/C21H19N5/c1-3-4-5-14-10-20(24-13(14)2)21-18-9-15(6-7-19(18)25-26-21)16-8-17(22)12-23-11-16/h3-12,24H,1,22H2,2H3,(H,25,26)/b5-4-. The number of benzene rings is 1. The van der Waals surface area contributed by atoms with Crippen molar-refractivity contribution in [3.8, 4) is 22.5 Å². The third-order valence-corrected chi connectivity index (χ3v) is 4.38. The van der Waals surface area contributed by atoms with Crippen molar-refractivity contribution in [2.24, 2.45) is 0 Å². The number of H-pyrrole nitrogens is 2. The number of hydrogen-bond donors (Lipinski definition) is 3. The van der Waals surface area contributed by atoms with E-state index in [0.29, 0.717) is 5.69 Å². The Kier molecular flexibility index (Phi) is 3.89. The Morgan fingerprint density at radius 3 is 2.81 bits per heavy atom. The van der Waals surface area contributed by atoms with Crippen molar-refractivity contribution in [2.45, 2.75) is 6.92 Å². The number of hydrogen-bond acceptors (Lipinski definition) is 3. The first-order valence-electron chi connectivity index (χ1n) is 8.34. The van der Waals surface area contributed by atoms with Crippen molar-refractivity contribution in [1.82, 2.24) is 20.2 Å². The van der Waals surface area contributed by atoms with Crippen LogP contribution in [0.25, 0.3) is 39.5 Å². The summed E-state index contributed by atoms with van der Waals surface area (Å²) in [6, 6.07) is 10.2. The topological polar surface area (TPSA) is 83.4 Å². The zero-order chi connectivity index (χ0) is 18.1. The minimum absolute atomic E-state index is 0.647. The second kappa shape index (κ2) is 6.37. The van der Waals surface area contributed by atoms with Gasteiger partial charge in [-0.25, -0.2) is 0 Å². The van der Waals surface area contributed by atoms with Crippen LogP contribution in [0.3, 0.4) is 0 Å². The lowest BCUT2D eigenvalue weighted by Gasteiger charge is -2.03. The molecule has 1 aromatic carbocycles. The maximum atomic E-state index is 5.87. The van der Waals surface area contributed by atoms with E-state index in [1.54, 1.807) is 12.3 Å². The number of aromatic amines is 2. The van der Waals surface area contributed by atoms with Gasteiger partial charge < -0.3 is 10.7 Å². The lowest BCUT2D eigenvalue weighted by atomic mass is 10.0. The average Bonchev–Trinajstić information content (AvgIpc) is 3.22. The SMILES string of the molecule is C=C/C=C\c1cc(-c2n[nH]c3ccc(-c4cncc(N)c4)cc23)[nH]c1C. The smallest absolute Gasteiger partial charge is 0.116 e. The fraction of sp³-hybridized carbons (Fsp3) is 0.0476. The van der Waals surface area contributed by atoms with Crippen LogP contribution in [0.4, 0.5) is 5.69 Å². The minimum Gasteiger partial charge on any atom is -0.397 e. The maximum absolute atomic E-state index is 5.87. The van der Waals surface area contributed by atoms with Gasteiger partial charge >= 0.3 is 0 Å². The van der Waals surface area contributed by atoms with Crippen LogP contribution >= 0.6 is 0 Å². The molecule has 4 aromatic rings. The first-order chi connectivity index (χ1) is 12.7. The number of pyridine rings is 1. The molecule has 5 heteroatoms. The van der Waals surface area contributed by atoms with Gasteiger partial charge in [-0.15, -0.1) is 0 Å². The summed E-state index contributed by atoms with van der Waals surface area (Å²) < 4.78 is 0. The van der Waals surface area contributed by atoms with Gasteiger partial charge in [0.2, 0.25) is 0 Å². The normalized spacial score (nSPS) is 11.4. The molecule has 0 aliphatic rings. The lowest BCUT2D eigenvalue weighted by Crippen LogP contribution is -1.87. The molecule has 0 amide bonds. The van der Waals surface area contributed by atoms with Crippen LogP contribution < -0.4 is 5.73 Å². The molecule has 0 spiro atoms. The van der Waals surface area contributed by atoms with Gasteiger partial charge in [0.05, 0.1) is 16.9 Å². The highest BCUT2D eigenvalue weighted by atomic mass is 15.1. The van der Waals surface area contributed by atoms with Crippen LogP contribution in [0, 0.1) is 6.92 Å². The summed E-state index contributed by atoms with van der Waals surface area (Å²) in [5.41, 5.74) is 13.6. The summed E-state index contributed by atoms with van der Waals surface area (Å²) in [5.74, 6) is 0. The molecule has 4 N–H and O–H groups in total. The number of aromatic nitrogens is 4. The van der Waals surface area contributed by atoms with Crippen LogP contribution in [-0.2, 0) is 0 Å². The molecule has 0 aliphatic carbocycles. The Labute approximate surface area is 151 Å². The molecule has 0 bridgehead atoms. The van der Waals surface area contributed by atoms with Crippen molar-refractivity contribution in [2.75, 3.05) is 5.73 Å². The van der Waals surface area contributed by atoms with E-state index < -0.39 is 0 Å². The predicted molar refractivity (Wildman–Crippen MR) is 107 cm³/mol. The molecule has 0 aliphatic heterocycles. The van der Waals surface area contributed by atoms with E-state index in [-0.39, 0.29) is 0 Å². The number of allylic oxidation sites excluding steroid dienone is 2. The zero-order valence-electron chi connectivity index (χ0n) is 14.5. The summed E-state index contributed by atoms with van der Waals surface area (Å²) in [6.45, 7) is 5.77. The molecule has 0 fully saturated rings. The molecule has 0 unspecified atom stereocenters. The second-order valence-electron chi connectivity index (χ2n) is 6.20. The highest BCUT2D eigenvalue weighted by molar-refractivity contribution is 5.95. The van der Waals surface area contributed by atoms with Crippen LogP contribution in [0.1, 0.15) is 11.3 Å². The Bertz CT molecular complexity index is 1130. The zero-order valence-corrected chi connectivity index (χ0v) is 14.5. The fourth-order valence-corrected chi connectivity index (χ4v) is 3.06. The summed E-state index contributed by atoms with van der Waals surface area (Å²) >= 11 is 0. The quantitative estimate of drug-likeness (QED) is 0.470. The molecular formula is C21H19N5. The van der Waals surface area contributed by atoms with Gasteiger partial charge in [0.1, 0.15) is 5.69 Å². The van der Waals surface area contributed by atoms with E-state index in [2.05, 4.69) is 38.9 Å². The van der Waals surface area contributed by atoms with E-state index in [1.807, 2.05) is 43.5 Å². The lowest BCUT2D eigenvalue weighted by molar-refractivity contribution is 1.11. The predicted octanol–water partition coefficient (Wildman–Crippen LogP) is 4.71. The van der Waals surface area contributed by atoms with Gasteiger partial charge in [0.25, 0.3) is 0 Å². The summed E-state index contributed by atoms with van der Waals surface area (Å²) in [7, 11) is 0. The molecule has 0 saturated carbocycles. The van der Waals surface area contributed by atoms with Crippen molar-refractivity contribution in [1.29, 1.82) is 0 Å². The number of nitrogen functional groups attached to an aromatic ring is 1. The first-order valence-corrected chi connectivity index (χ1v) is 8.34. The number of nitrogens with zero attached hydrogens (tertiary/aromatic N) is 2. The van der Waals surface area contributed by atoms with Gasteiger partial charge in [-0.2, -0.15) is 5.10 Å². The third kappa shape index (κ3) is 2.80. The Balaban J connectivity index is 1.83. The highest BCUT2D eigenvalue weighted by Crippen LogP contribution is 2.31. The van der Waals surface area contributed by atoms with Gasteiger partial charge in [-0.05, 0) is 42.3 Å². The van der Waals surface area contributed by atoms with Crippen LogP contribution in [0.5, 0.6) is 0 Å². The van der Waals surface area contributed by atoms with E-state index in [1.165, 1.54) is 0 Å². The molecule has 0 radical (unpaired) electrons.